The molecule has 0 fully saturated rings. The Bertz CT molecular complexity index is 552. The van der Waals surface area contributed by atoms with Crippen LogP contribution in [0.2, 0.25) is 10.0 Å². The average molecular weight is 348 g/mol. The molecule has 0 saturated heterocycles. The van der Waals surface area contributed by atoms with Crippen LogP contribution in [-0.2, 0) is 6.54 Å². The molecule has 0 aliphatic heterocycles. The molecule has 0 aliphatic rings. The number of aromatic nitrogens is 1. The van der Waals surface area contributed by atoms with E-state index in [1.54, 1.807) is 12.3 Å². The number of hydrogen-bond donors (Lipinski definition) is 1. The van der Waals surface area contributed by atoms with Gasteiger partial charge >= 0.3 is 0 Å². The first-order valence-corrected chi connectivity index (χ1v) is 7.13. The van der Waals surface area contributed by atoms with Crippen molar-refractivity contribution in [2.45, 2.75) is 19.6 Å². The number of pyridine rings is 1. The van der Waals surface area contributed by atoms with Crippen molar-refractivity contribution in [1.82, 2.24) is 10.3 Å². The number of nitrogens with zero attached hydrogens (tertiary/aromatic N) is 1. The van der Waals surface area contributed by atoms with Gasteiger partial charge in [-0.25, -0.2) is 4.98 Å². The Morgan fingerprint density at radius 1 is 1.24 bits per heavy atom. The molecule has 1 N–H and O–H groups in total. The standard InChI is InChI=1S/C15H16Cl2N2O.ClH/c1-11(20-15-4-2-3-7-19-15)9-18-10-12-5-6-13(16)8-14(12)17;/h2-8,11,18H,9-10H2,1H3;1H. The van der Waals surface area contributed by atoms with Crippen LogP contribution in [0.4, 0.5) is 0 Å². The minimum Gasteiger partial charge on any atom is -0.473 e. The highest BCUT2D eigenvalue weighted by atomic mass is 35.5. The lowest BCUT2D eigenvalue weighted by molar-refractivity contribution is 0.208. The van der Waals surface area contributed by atoms with E-state index in [2.05, 4.69) is 10.3 Å². The maximum Gasteiger partial charge on any atom is 0.213 e. The van der Waals surface area contributed by atoms with E-state index in [9.17, 15) is 0 Å². The average Bonchev–Trinajstić information content (AvgIpc) is 2.42. The van der Waals surface area contributed by atoms with Crippen molar-refractivity contribution in [3.05, 3.63) is 58.2 Å². The molecule has 1 unspecified atom stereocenters. The van der Waals surface area contributed by atoms with E-state index in [0.717, 1.165) is 5.56 Å². The van der Waals surface area contributed by atoms with Gasteiger partial charge in [0.2, 0.25) is 5.88 Å². The van der Waals surface area contributed by atoms with Crippen molar-refractivity contribution < 1.29 is 4.74 Å². The molecule has 0 bridgehead atoms. The second-order valence-electron chi connectivity index (χ2n) is 4.46. The Hall–Kier alpha value is -1.00. The van der Waals surface area contributed by atoms with Gasteiger partial charge < -0.3 is 10.1 Å². The lowest BCUT2D eigenvalue weighted by Crippen LogP contribution is -2.28. The number of hydrogen-bond acceptors (Lipinski definition) is 3. The summed E-state index contributed by atoms with van der Waals surface area (Å²) >= 11 is 12.0. The zero-order valence-corrected chi connectivity index (χ0v) is 13.9. The predicted molar refractivity (Wildman–Crippen MR) is 89.7 cm³/mol. The number of ether oxygens (including phenoxy) is 1. The first kappa shape index (κ1) is 18.1. The van der Waals surface area contributed by atoms with Gasteiger partial charge in [-0.2, -0.15) is 0 Å². The molecule has 2 aromatic rings. The van der Waals surface area contributed by atoms with E-state index in [1.165, 1.54) is 0 Å². The van der Waals surface area contributed by atoms with Crippen LogP contribution in [-0.4, -0.2) is 17.6 Å². The zero-order chi connectivity index (χ0) is 14.4. The van der Waals surface area contributed by atoms with Crippen LogP contribution in [0.25, 0.3) is 0 Å². The third-order valence-corrected chi connectivity index (χ3v) is 3.31. The Kier molecular flexibility index (Phi) is 7.83. The van der Waals surface area contributed by atoms with Crippen LogP contribution >= 0.6 is 35.6 Å². The van der Waals surface area contributed by atoms with Crippen LogP contribution in [0.15, 0.2) is 42.6 Å². The second-order valence-corrected chi connectivity index (χ2v) is 5.31. The highest BCUT2D eigenvalue weighted by Crippen LogP contribution is 2.20. The molecular weight excluding hydrogens is 331 g/mol. The van der Waals surface area contributed by atoms with Crippen molar-refractivity contribution in [2.24, 2.45) is 0 Å². The van der Waals surface area contributed by atoms with Gasteiger partial charge in [0, 0.05) is 35.4 Å². The summed E-state index contributed by atoms with van der Waals surface area (Å²) in [6, 6.07) is 11.1. The quantitative estimate of drug-likeness (QED) is 0.842. The molecular formula is C15H17Cl3N2O. The molecule has 1 aromatic heterocycles. The van der Waals surface area contributed by atoms with E-state index in [1.807, 2.05) is 37.3 Å². The fraction of sp³-hybridized carbons (Fsp3) is 0.267. The normalized spacial score (nSPS) is 11.6. The summed E-state index contributed by atoms with van der Waals surface area (Å²) in [5, 5.41) is 4.62. The van der Waals surface area contributed by atoms with Gasteiger partial charge in [0.1, 0.15) is 6.10 Å². The van der Waals surface area contributed by atoms with Crippen LogP contribution in [0.1, 0.15) is 12.5 Å². The molecule has 0 spiro atoms. The lowest BCUT2D eigenvalue weighted by Gasteiger charge is -2.15. The van der Waals surface area contributed by atoms with Gasteiger partial charge in [0.25, 0.3) is 0 Å². The Morgan fingerprint density at radius 2 is 2.05 bits per heavy atom. The summed E-state index contributed by atoms with van der Waals surface area (Å²) in [7, 11) is 0. The summed E-state index contributed by atoms with van der Waals surface area (Å²) in [5.74, 6) is 0.631. The first-order valence-electron chi connectivity index (χ1n) is 6.37. The summed E-state index contributed by atoms with van der Waals surface area (Å²) in [5.41, 5.74) is 1.01. The topological polar surface area (TPSA) is 34.1 Å². The molecule has 0 aliphatic carbocycles. The Labute approximate surface area is 141 Å². The molecule has 6 heteroatoms. The van der Waals surface area contributed by atoms with Crippen LogP contribution < -0.4 is 10.1 Å². The fourth-order valence-corrected chi connectivity index (χ4v) is 2.22. The number of nitrogens with one attached hydrogen (secondary N) is 1. The Balaban J connectivity index is 0.00000220. The third kappa shape index (κ3) is 6.10. The molecule has 0 amide bonds. The summed E-state index contributed by atoms with van der Waals surface area (Å²) in [4.78, 5) is 4.12. The highest BCUT2D eigenvalue weighted by Gasteiger charge is 2.05. The first-order chi connectivity index (χ1) is 9.65. The number of halogens is 3. The second kappa shape index (κ2) is 9.11. The summed E-state index contributed by atoms with van der Waals surface area (Å²) in [6.07, 6.45) is 1.74. The van der Waals surface area contributed by atoms with Gasteiger partial charge in [0.05, 0.1) is 0 Å². The molecule has 1 atom stereocenters. The Morgan fingerprint density at radius 3 is 2.71 bits per heavy atom. The monoisotopic (exact) mass is 346 g/mol. The fourth-order valence-electron chi connectivity index (χ4n) is 1.74. The van der Waals surface area contributed by atoms with Gasteiger partial charge in [-0.15, -0.1) is 12.4 Å². The van der Waals surface area contributed by atoms with Crippen LogP contribution in [0, 0.1) is 0 Å². The predicted octanol–water partition coefficient (Wildman–Crippen LogP) is 4.37. The van der Waals surface area contributed by atoms with Gasteiger partial charge in [-0.3, -0.25) is 0 Å². The van der Waals surface area contributed by atoms with E-state index >= 15 is 0 Å². The third-order valence-electron chi connectivity index (χ3n) is 2.72. The zero-order valence-electron chi connectivity index (χ0n) is 11.6. The van der Waals surface area contributed by atoms with E-state index in [-0.39, 0.29) is 18.5 Å². The maximum absolute atomic E-state index is 6.11. The van der Waals surface area contributed by atoms with Crippen LogP contribution in [0.3, 0.4) is 0 Å². The van der Waals surface area contributed by atoms with Crippen molar-refractivity contribution in [3.63, 3.8) is 0 Å². The molecule has 1 aromatic carbocycles. The van der Waals surface area contributed by atoms with Crippen molar-refractivity contribution in [1.29, 1.82) is 0 Å². The van der Waals surface area contributed by atoms with Gasteiger partial charge in [-0.1, -0.05) is 35.3 Å². The number of rotatable bonds is 6. The lowest BCUT2D eigenvalue weighted by atomic mass is 10.2. The van der Waals surface area contributed by atoms with Gasteiger partial charge in [-0.05, 0) is 30.7 Å². The molecule has 114 valence electrons. The molecule has 1 heterocycles. The van der Waals surface area contributed by atoms with E-state index in [4.69, 9.17) is 27.9 Å². The number of benzene rings is 1. The highest BCUT2D eigenvalue weighted by molar-refractivity contribution is 6.35. The van der Waals surface area contributed by atoms with Crippen molar-refractivity contribution in [3.8, 4) is 5.88 Å². The molecule has 21 heavy (non-hydrogen) atoms. The molecule has 0 saturated carbocycles. The summed E-state index contributed by atoms with van der Waals surface area (Å²) in [6.45, 7) is 3.37. The molecule has 2 rings (SSSR count). The van der Waals surface area contributed by atoms with Gasteiger partial charge in [0.15, 0.2) is 0 Å². The molecule has 0 radical (unpaired) electrons. The van der Waals surface area contributed by atoms with E-state index in [0.29, 0.717) is 29.0 Å². The molecule has 3 nitrogen and oxygen atoms in total. The minimum absolute atomic E-state index is 0. The van der Waals surface area contributed by atoms with Crippen LogP contribution in [0.5, 0.6) is 5.88 Å². The van der Waals surface area contributed by atoms with E-state index < -0.39 is 0 Å². The van der Waals surface area contributed by atoms with Crippen molar-refractivity contribution in [2.75, 3.05) is 6.54 Å². The smallest absolute Gasteiger partial charge is 0.213 e. The van der Waals surface area contributed by atoms with Crippen molar-refractivity contribution >= 4 is 35.6 Å². The minimum atomic E-state index is 0. The maximum atomic E-state index is 6.11. The SMILES string of the molecule is CC(CNCc1ccc(Cl)cc1Cl)Oc1ccccn1.Cl. The summed E-state index contributed by atoms with van der Waals surface area (Å²) < 4.78 is 5.67. The largest absolute Gasteiger partial charge is 0.473 e.